The fourth-order valence-corrected chi connectivity index (χ4v) is 2.28. The summed E-state index contributed by atoms with van der Waals surface area (Å²) in [6, 6.07) is 22.7. The molecule has 2 nitrogen and oxygen atoms in total. The Balaban J connectivity index is 1.86. The number of nitrogens with one attached hydrogen (secondary N) is 1. The molecule has 0 bridgehead atoms. The summed E-state index contributed by atoms with van der Waals surface area (Å²) < 4.78 is 0. The molecule has 3 rings (SSSR count). The molecule has 0 aliphatic carbocycles. The molecule has 0 aliphatic rings. The summed E-state index contributed by atoms with van der Waals surface area (Å²) >= 11 is 0. The van der Waals surface area contributed by atoms with Crippen molar-refractivity contribution in [3.8, 4) is 0 Å². The highest BCUT2D eigenvalue weighted by molar-refractivity contribution is 5.93. The molecule has 0 fully saturated rings. The number of rotatable bonds is 3. The Hall–Kier alpha value is -2.48. The average Bonchev–Trinajstić information content (AvgIpc) is 2.45. The first-order chi connectivity index (χ1) is 9.33. The Morgan fingerprint density at radius 3 is 2.53 bits per heavy atom. The van der Waals surface area contributed by atoms with E-state index in [-0.39, 0.29) is 0 Å². The topological polar surface area (TPSA) is 38.0 Å². The number of hydrogen-bond acceptors (Lipinski definition) is 2. The first kappa shape index (κ1) is 11.6. The van der Waals surface area contributed by atoms with Crippen LogP contribution in [-0.4, -0.2) is 0 Å². The standard InChI is InChI=1S/C17H16N2/c18-15-8-3-5-13(11-15)12-19-17-10-4-7-14-6-1-2-9-16(14)17/h1-11,19H,12,18H2. The third kappa shape index (κ3) is 2.52. The lowest BCUT2D eigenvalue weighted by Crippen LogP contribution is -2.00. The SMILES string of the molecule is Nc1cccc(CNc2cccc3ccccc23)c1. The quantitative estimate of drug-likeness (QED) is 0.687. The van der Waals surface area contributed by atoms with E-state index < -0.39 is 0 Å². The van der Waals surface area contributed by atoms with Gasteiger partial charge in [0, 0.05) is 23.3 Å². The van der Waals surface area contributed by atoms with Gasteiger partial charge in [0.2, 0.25) is 0 Å². The number of hydrogen-bond donors (Lipinski definition) is 2. The van der Waals surface area contributed by atoms with Crippen LogP contribution in [0.1, 0.15) is 5.56 Å². The monoisotopic (exact) mass is 248 g/mol. The van der Waals surface area contributed by atoms with E-state index in [0.29, 0.717) is 0 Å². The van der Waals surface area contributed by atoms with Crippen LogP contribution >= 0.6 is 0 Å². The van der Waals surface area contributed by atoms with Crippen LogP contribution in [0.2, 0.25) is 0 Å². The predicted molar refractivity (Wildman–Crippen MR) is 82.1 cm³/mol. The van der Waals surface area contributed by atoms with Gasteiger partial charge in [0.25, 0.3) is 0 Å². The maximum absolute atomic E-state index is 5.79. The third-order valence-electron chi connectivity index (χ3n) is 3.22. The minimum Gasteiger partial charge on any atom is -0.399 e. The summed E-state index contributed by atoms with van der Waals surface area (Å²) in [5.74, 6) is 0. The van der Waals surface area contributed by atoms with Gasteiger partial charge in [-0.25, -0.2) is 0 Å². The Morgan fingerprint density at radius 1 is 0.842 bits per heavy atom. The van der Waals surface area contributed by atoms with Crippen molar-refractivity contribution in [3.05, 3.63) is 72.3 Å². The summed E-state index contributed by atoms with van der Waals surface area (Å²) in [4.78, 5) is 0. The van der Waals surface area contributed by atoms with Gasteiger partial charge in [0.05, 0.1) is 0 Å². The Kier molecular flexibility index (Phi) is 3.07. The minimum absolute atomic E-state index is 0.777. The molecule has 2 heteroatoms. The highest BCUT2D eigenvalue weighted by Crippen LogP contribution is 2.23. The van der Waals surface area contributed by atoms with Gasteiger partial charge in [-0.1, -0.05) is 48.5 Å². The zero-order valence-corrected chi connectivity index (χ0v) is 10.6. The molecule has 0 aromatic heterocycles. The van der Waals surface area contributed by atoms with Crippen molar-refractivity contribution in [2.24, 2.45) is 0 Å². The van der Waals surface area contributed by atoms with Crippen molar-refractivity contribution in [1.29, 1.82) is 0 Å². The van der Waals surface area contributed by atoms with Crippen LogP contribution in [0.5, 0.6) is 0 Å². The number of benzene rings is 3. The van der Waals surface area contributed by atoms with Gasteiger partial charge in [-0.05, 0) is 29.1 Å². The largest absolute Gasteiger partial charge is 0.399 e. The van der Waals surface area contributed by atoms with Crippen LogP contribution in [0.15, 0.2) is 66.7 Å². The third-order valence-corrected chi connectivity index (χ3v) is 3.22. The van der Waals surface area contributed by atoms with Crippen LogP contribution in [0.25, 0.3) is 10.8 Å². The molecule has 0 atom stereocenters. The maximum atomic E-state index is 5.79. The van der Waals surface area contributed by atoms with E-state index in [1.54, 1.807) is 0 Å². The maximum Gasteiger partial charge on any atom is 0.0422 e. The molecule has 0 amide bonds. The van der Waals surface area contributed by atoms with Gasteiger partial charge < -0.3 is 11.1 Å². The van der Waals surface area contributed by atoms with Gasteiger partial charge >= 0.3 is 0 Å². The molecule has 0 heterocycles. The molecular formula is C17H16N2. The van der Waals surface area contributed by atoms with E-state index in [9.17, 15) is 0 Å². The molecule has 0 aliphatic heterocycles. The fraction of sp³-hybridized carbons (Fsp3) is 0.0588. The van der Waals surface area contributed by atoms with Gasteiger partial charge in [0.1, 0.15) is 0 Å². The molecule has 3 aromatic rings. The molecule has 0 radical (unpaired) electrons. The number of nitrogen functional groups attached to an aromatic ring is 1. The number of nitrogens with two attached hydrogens (primary N) is 1. The van der Waals surface area contributed by atoms with Crippen LogP contribution in [0, 0.1) is 0 Å². The lowest BCUT2D eigenvalue weighted by Gasteiger charge is -2.10. The molecule has 94 valence electrons. The van der Waals surface area contributed by atoms with E-state index in [1.165, 1.54) is 16.3 Å². The Morgan fingerprint density at radius 2 is 1.63 bits per heavy atom. The zero-order valence-electron chi connectivity index (χ0n) is 10.6. The van der Waals surface area contributed by atoms with Gasteiger partial charge in [-0.2, -0.15) is 0 Å². The van der Waals surface area contributed by atoms with Gasteiger partial charge in [-0.15, -0.1) is 0 Å². The molecule has 3 aromatic carbocycles. The molecule has 0 saturated carbocycles. The highest BCUT2D eigenvalue weighted by atomic mass is 14.9. The van der Waals surface area contributed by atoms with Crippen molar-refractivity contribution in [3.63, 3.8) is 0 Å². The summed E-state index contributed by atoms with van der Waals surface area (Å²) in [5.41, 5.74) is 8.93. The second-order valence-electron chi connectivity index (χ2n) is 4.63. The minimum atomic E-state index is 0.777. The Labute approximate surface area is 112 Å². The predicted octanol–water partition coefficient (Wildman–Crippen LogP) is 4.03. The lowest BCUT2D eigenvalue weighted by atomic mass is 10.1. The van der Waals surface area contributed by atoms with E-state index >= 15 is 0 Å². The van der Waals surface area contributed by atoms with Crippen molar-refractivity contribution in [2.75, 3.05) is 11.1 Å². The van der Waals surface area contributed by atoms with Crippen molar-refractivity contribution >= 4 is 22.1 Å². The molecule has 0 saturated heterocycles. The second kappa shape index (κ2) is 5.02. The second-order valence-corrected chi connectivity index (χ2v) is 4.63. The van der Waals surface area contributed by atoms with Crippen molar-refractivity contribution in [1.82, 2.24) is 0 Å². The van der Waals surface area contributed by atoms with E-state index in [2.05, 4.69) is 53.8 Å². The lowest BCUT2D eigenvalue weighted by molar-refractivity contribution is 1.16. The van der Waals surface area contributed by atoms with Gasteiger partial charge in [-0.3, -0.25) is 0 Å². The normalized spacial score (nSPS) is 10.5. The molecule has 0 spiro atoms. The van der Waals surface area contributed by atoms with E-state index in [4.69, 9.17) is 5.73 Å². The van der Waals surface area contributed by atoms with E-state index in [0.717, 1.165) is 17.9 Å². The van der Waals surface area contributed by atoms with Crippen molar-refractivity contribution < 1.29 is 0 Å². The molecule has 19 heavy (non-hydrogen) atoms. The number of anilines is 2. The van der Waals surface area contributed by atoms with E-state index in [1.807, 2.05) is 18.2 Å². The summed E-state index contributed by atoms with van der Waals surface area (Å²) in [6.45, 7) is 0.777. The van der Waals surface area contributed by atoms with Crippen LogP contribution < -0.4 is 11.1 Å². The molecule has 3 N–H and O–H groups in total. The molecular weight excluding hydrogens is 232 g/mol. The molecule has 0 unspecified atom stereocenters. The van der Waals surface area contributed by atoms with Crippen LogP contribution in [-0.2, 0) is 6.54 Å². The average molecular weight is 248 g/mol. The Bertz CT molecular complexity index is 699. The highest BCUT2D eigenvalue weighted by Gasteiger charge is 2.00. The summed E-state index contributed by atoms with van der Waals surface area (Å²) in [6.07, 6.45) is 0. The zero-order chi connectivity index (χ0) is 13.1. The fourth-order valence-electron chi connectivity index (χ4n) is 2.28. The summed E-state index contributed by atoms with van der Waals surface area (Å²) in [5, 5.41) is 5.97. The first-order valence-corrected chi connectivity index (χ1v) is 6.39. The van der Waals surface area contributed by atoms with Crippen LogP contribution in [0.3, 0.4) is 0 Å². The first-order valence-electron chi connectivity index (χ1n) is 6.39. The summed E-state index contributed by atoms with van der Waals surface area (Å²) in [7, 11) is 0. The van der Waals surface area contributed by atoms with Crippen LogP contribution in [0.4, 0.5) is 11.4 Å². The van der Waals surface area contributed by atoms with Gasteiger partial charge in [0.15, 0.2) is 0 Å². The van der Waals surface area contributed by atoms with Crippen molar-refractivity contribution in [2.45, 2.75) is 6.54 Å². The smallest absolute Gasteiger partial charge is 0.0422 e. The number of fused-ring (bicyclic) bond motifs is 1.